The Morgan fingerprint density at radius 2 is 1.92 bits per heavy atom. The lowest BCUT2D eigenvalue weighted by molar-refractivity contribution is -0.133. The minimum absolute atomic E-state index is 0.285. The Morgan fingerprint density at radius 1 is 1.12 bits per heavy atom. The average Bonchev–Trinajstić information content (AvgIpc) is 3.04. The first kappa shape index (κ1) is 16.7. The SMILES string of the molecule is CN1CC[C@@H]2CCN(CC(=O)N3CCN(c4cnccn4)CC3)[C@@H]2C1. The first-order valence-electron chi connectivity index (χ1n) is 9.42. The number of aromatic nitrogens is 2. The van der Waals surface area contributed by atoms with E-state index in [-0.39, 0.29) is 5.91 Å². The lowest BCUT2D eigenvalue weighted by Crippen LogP contribution is -2.53. The maximum Gasteiger partial charge on any atom is 0.236 e. The molecule has 0 saturated carbocycles. The quantitative estimate of drug-likeness (QED) is 0.778. The van der Waals surface area contributed by atoms with E-state index in [2.05, 4.69) is 31.7 Å². The minimum Gasteiger partial charge on any atom is -0.352 e. The second-order valence-corrected chi connectivity index (χ2v) is 7.57. The summed E-state index contributed by atoms with van der Waals surface area (Å²) in [6.45, 7) is 7.19. The number of hydrogen-bond acceptors (Lipinski definition) is 6. The van der Waals surface area contributed by atoms with E-state index < -0.39 is 0 Å². The zero-order valence-electron chi connectivity index (χ0n) is 15.0. The molecule has 4 heterocycles. The van der Waals surface area contributed by atoms with Gasteiger partial charge in [-0.3, -0.25) is 14.7 Å². The van der Waals surface area contributed by atoms with Gasteiger partial charge in [-0.2, -0.15) is 0 Å². The van der Waals surface area contributed by atoms with Gasteiger partial charge >= 0.3 is 0 Å². The van der Waals surface area contributed by atoms with Crippen LogP contribution in [-0.2, 0) is 4.79 Å². The van der Waals surface area contributed by atoms with E-state index in [1.807, 2.05) is 4.90 Å². The second kappa shape index (κ2) is 7.25. The third-order valence-corrected chi connectivity index (χ3v) is 6.02. The Bertz CT molecular complexity index is 588. The number of carbonyl (C=O) groups is 1. The van der Waals surface area contributed by atoms with Crippen molar-refractivity contribution in [2.45, 2.75) is 18.9 Å². The first-order chi connectivity index (χ1) is 12.2. The van der Waals surface area contributed by atoms with Crippen LogP contribution in [0.25, 0.3) is 0 Å². The molecular weight excluding hydrogens is 316 g/mol. The molecule has 7 heteroatoms. The number of anilines is 1. The average molecular weight is 344 g/mol. The van der Waals surface area contributed by atoms with Gasteiger partial charge in [-0.05, 0) is 38.9 Å². The van der Waals surface area contributed by atoms with Crippen LogP contribution in [0.3, 0.4) is 0 Å². The van der Waals surface area contributed by atoms with Crippen molar-refractivity contribution in [3.05, 3.63) is 18.6 Å². The standard InChI is InChI=1S/C18H28N6O/c1-21-6-2-15-3-7-24(16(15)13-21)14-18(25)23-10-8-22(9-11-23)17-12-19-4-5-20-17/h4-5,12,15-16H,2-3,6-11,13-14H2,1H3/t15-,16-/m1/s1. The second-order valence-electron chi connectivity index (χ2n) is 7.57. The van der Waals surface area contributed by atoms with Gasteiger partial charge in [-0.25, -0.2) is 4.98 Å². The molecule has 2 atom stereocenters. The van der Waals surface area contributed by atoms with Gasteiger partial charge < -0.3 is 14.7 Å². The summed E-state index contributed by atoms with van der Waals surface area (Å²) in [5.41, 5.74) is 0. The van der Waals surface area contributed by atoms with E-state index in [4.69, 9.17) is 0 Å². The monoisotopic (exact) mass is 344 g/mol. The molecule has 25 heavy (non-hydrogen) atoms. The number of rotatable bonds is 3. The van der Waals surface area contributed by atoms with Crippen LogP contribution in [0.15, 0.2) is 18.6 Å². The number of piperidine rings is 1. The van der Waals surface area contributed by atoms with Gasteiger partial charge in [0.15, 0.2) is 0 Å². The fourth-order valence-corrected chi connectivity index (χ4v) is 4.50. The van der Waals surface area contributed by atoms with Gasteiger partial charge in [0.1, 0.15) is 5.82 Å². The number of likely N-dealkylation sites (N-methyl/N-ethyl adjacent to an activating group) is 1. The predicted molar refractivity (Wildman–Crippen MR) is 96.4 cm³/mol. The number of carbonyl (C=O) groups excluding carboxylic acids is 1. The molecule has 0 bridgehead atoms. The Kier molecular flexibility index (Phi) is 4.85. The number of nitrogens with zero attached hydrogens (tertiary/aromatic N) is 6. The molecule has 0 N–H and O–H groups in total. The molecule has 4 rings (SSSR count). The van der Waals surface area contributed by atoms with Crippen molar-refractivity contribution >= 4 is 11.7 Å². The van der Waals surface area contributed by atoms with Crippen LogP contribution < -0.4 is 4.90 Å². The maximum atomic E-state index is 12.8. The third-order valence-electron chi connectivity index (χ3n) is 6.02. The summed E-state index contributed by atoms with van der Waals surface area (Å²) in [7, 11) is 2.19. The fraction of sp³-hybridized carbons (Fsp3) is 0.722. The topological polar surface area (TPSA) is 55.8 Å². The minimum atomic E-state index is 0.285. The van der Waals surface area contributed by atoms with Gasteiger partial charge in [0.25, 0.3) is 0 Å². The van der Waals surface area contributed by atoms with Crippen LogP contribution in [0, 0.1) is 5.92 Å². The highest BCUT2D eigenvalue weighted by molar-refractivity contribution is 5.78. The van der Waals surface area contributed by atoms with Crippen LogP contribution in [0.1, 0.15) is 12.8 Å². The Labute approximate surface area is 149 Å². The van der Waals surface area contributed by atoms with Crippen LogP contribution in [0.5, 0.6) is 0 Å². The number of piperazine rings is 1. The number of amides is 1. The van der Waals surface area contributed by atoms with Crippen LogP contribution in [-0.4, -0.2) is 96.0 Å². The normalized spacial score (nSPS) is 28.2. The fourth-order valence-electron chi connectivity index (χ4n) is 4.50. The molecular formula is C18H28N6O. The zero-order valence-corrected chi connectivity index (χ0v) is 15.0. The zero-order chi connectivity index (χ0) is 17.2. The largest absolute Gasteiger partial charge is 0.352 e. The molecule has 7 nitrogen and oxygen atoms in total. The smallest absolute Gasteiger partial charge is 0.236 e. The number of fused-ring (bicyclic) bond motifs is 1. The van der Waals surface area contributed by atoms with Crippen molar-refractivity contribution in [1.29, 1.82) is 0 Å². The van der Waals surface area contributed by atoms with Crippen molar-refractivity contribution in [2.75, 3.05) is 64.3 Å². The number of hydrogen-bond donors (Lipinski definition) is 0. The van der Waals surface area contributed by atoms with E-state index in [0.29, 0.717) is 12.6 Å². The summed E-state index contributed by atoms with van der Waals surface area (Å²) in [6, 6.07) is 0.573. The van der Waals surface area contributed by atoms with E-state index >= 15 is 0 Å². The molecule has 1 aromatic rings. The first-order valence-corrected chi connectivity index (χ1v) is 9.42. The molecule has 136 valence electrons. The van der Waals surface area contributed by atoms with Crippen LogP contribution in [0.4, 0.5) is 5.82 Å². The van der Waals surface area contributed by atoms with Crippen LogP contribution >= 0.6 is 0 Å². The maximum absolute atomic E-state index is 12.8. The summed E-state index contributed by atoms with van der Waals surface area (Å²) < 4.78 is 0. The summed E-state index contributed by atoms with van der Waals surface area (Å²) in [5.74, 6) is 1.98. The summed E-state index contributed by atoms with van der Waals surface area (Å²) in [6.07, 6.45) is 7.74. The van der Waals surface area contributed by atoms with E-state index in [1.54, 1.807) is 18.6 Å². The molecule has 0 aromatic carbocycles. The molecule has 3 aliphatic rings. The Morgan fingerprint density at radius 3 is 2.68 bits per heavy atom. The highest BCUT2D eigenvalue weighted by Gasteiger charge is 2.38. The van der Waals surface area contributed by atoms with Crippen LogP contribution in [0.2, 0.25) is 0 Å². The lowest BCUT2D eigenvalue weighted by Gasteiger charge is -2.38. The van der Waals surface area contributed by atoms with Gasteiger partial charge in [-0.1, -0.05) is 0 Å². The van der Waals surface area contributed by atoms with Crippen molar-refractivity contribution in [1.82, 2.24) is 24.7 Å². The van der Waals surface area contributed by atoms with Gasteiger partial charge in [0.05, 0.1) is 12.7 Å². The molecule has 3 saturated heterocycles. The molecule has 3 fully saturated rings. The highest BCUT2D eigenvalue weighted by Crippen LogP contribution is 2.31. The van der Waals surface area contributed by atoms with E-state index in [0.717, 1.165) is 51.0 Å². The van der Waals surface area contributed by atoms with Gasteiger partial charge in [-0.15, -0.1) is 0 Å². The van der Waals surface area contributed by atoms with Crippen molar-refractivity contribution in [2.24, 2.45) is 5.92 Å². The van der Waals surface area contributed by atoms with Crippen molar-refractivity contribution in [3.63, 3.8) is 0 Å². The predicted octanol–water partition coefficient (Wildman–Crippen LogP) is 0.151. The van der Waals surface area contributed by atoms with E-state index in [1.165, 1.54) is 19.4 Å². The molecule has 1 amide bonds. The van der Waals surface area contributed by atoms with Crippen molar-refractivity contribution < 1.29 is 4.79 Å². The highest BCUT2D eigenvalue weighted by atomic mass is 16.2. The third kappa shape index (κ3) is 3.62. The Balaban J connectivity index is 1.29. The van der Waals surface area contributed by atoms with Crippen molar-refractivity contribution in [3.8, 4) is 0 Å². The summed E-state index contributed by atoms with van der Waals surface area (Å²) in [4.78, 5) is 30.3. The van der Waals surface area contributed by atoms with E-state index in [9.17, 15) is 4.79 Å². The number of likely N-dealkylation sites (tertiary alicyclic amines) is 2. The van der Waals surface area contributed by atoms with Gasteiger partial charge in [0.2, 0.25) is 5.91 Å². The summed E-state index contributed by atoms with van der Waals surface area (Å²) >= 11 is 0. The molecule has 1 aromatic heterocycles. The molecule has 0 unspecified atom stereocenters. The lowest BCUT2D eigenvalue weighted by atomic mass is 9.92. The molecule has 0 radical (unpaired) electrons. The van der Waals surface area contributed by atoms with Gasteiger partial charge in [0, 0.05) is 51.2 Å². The molecule has 0 aliphatic carbocycles. The molecule has 3 aliphatic heterocycles. The Hall–Kier alpha value is -1.73. The summed E-state index contributed by atoms with van der Waals surface area (Å²) in [5, 5.41) is 0. The molecule has 0 spiro atoms.